The van der Waals surface area contributed by atoms with E-state index in [4.69, 9.17) is 4.74 Å². The maximum absolute atomic E-state index is 5.18. The minimum absolute atomic E-state index is 0.261. The minimum atomic E-state index is 0.261. The first-order valence-electron chi connectivity index (χ1n) is 6.42. The molecule has 0 aromatic carbocycles. The molecule has 2 aromatic heterocycles. The summed E-state index contributed by atoms with van der Waals surface area (Å²) in [4.78, 5) is 10.1. The maximum Gasteiger partial charge on any atom is 0.226 e. The first kappa shape index (κ1) is 13.8. The summed E-state index contributed by atoms with van der Waals surface area (Å²) in [6, 6.07) is 6.30. The van der Waals surface area contributed by atoms with Gasteiger partial charge in [0.1, 0.15) is 0 Å². The van der Waals surface area contributed by atoms with Crippen molar-refractivity contribution in [2.45, 2.75) is 32.7 Å². The van der Waals surface area contributed by atoms with E-state index in [2.05, 4.69) is 39.7 Å². The molecule has 0 radical (unpaired) electrons. The van der Waals surface area contributed by atoms with Crippen LogP contribution < -0.4 is 10.1 Å². The monoisotopic (exact) mass is 277 g/mol. The van der Waals surface area contributed by atoms with Crippen LogP contribution in [0.1, 0.15) is 36.4 Å². The largest absolute Gasteiger partial charge is 0.481 e. The molecule has 0 saturated heterocycles. The van der Waals surface area contributed by atoms with Gasteiger partial charge in [0.05, 0.1) is 13.2 Å². The second kappa shape index (κ2) is 6.52. The normalized spacial score (nSPS) is 12.2. The molecule has 0 aliphatic rings. The second-order valence-electron chi connectivity index (χ2n) is 4.38. The molecule has 0 saturated carbocycles. The Morgan fingerprint density at radius 3 is 2.89 bits per heavy atom. The number of anilines is 1. The number of methoxy groups -OCH3 is 1. The molecule has 1 N–H and O–H groups in total. The molecule has 1 atom stereocenters. The molecule has 0 spiro atoms. The number of rotatable bonds is 6. The lowest BCUT2D eigenvalue weighted by atomic mass is 10.1. The molecule has 19 heavy (non-hydrogen) atoms. The van der Waals surface area contributed by atoms with Crippen LogP contribution in [0.4, 0.5) is 5.95 Å². The lowest BCUT2D eigenvalue weighted by molar-refractivity contribution is 0.396. The third-order valence-electron chi connectivity index (χ3n) is 2.81. The van der Waals surface area contributed by atoms with Crippen molar-refractivity contribution in [1.29, 1.82) is 0 Å². The molecular formula is C14H19N3OS. The highest BCUT2D eigenvalue weighted by molar-refractivity contribution is 7.10. The summed E-state index contributed by atoms with van der Waals surface area (Å²) in [6.45, 7) is 4.12. The predicted molar refractivity (Wildman–Crippen MR) is 78.9 cm³/mol. The molecular weight excluding hydrogens is 258 g/mol. The van der Waals surface area contributed by atoms with Crippen molar-refractivity contribution in [2.75, 3.05) is 12.4 Å². The summed E-state index contributed by atoms with van der Waals surface area (Å²) in [6.07, 6.45) is 2.17. The molecule has 0 bridgehead atoms. The summed E-state index contributed by atoms with van der Waals surface area (Å²) in [7, 11) is 1.62. The van der Waals surface area contributed by atoms with E-state index in [1.54, 1.807) is 18.4 Å². The predicted octanol–water partition coefficient (Wildman–Crippen LogP) is 3.81. The molecule has 4 nitrogen and oxygen atoms in total. The van der Waals surface area contributed by atoms with Gasteiger partial charge in [-0.15, -0.1) is 11.3 Å². The Bertz CT molecular complexity index is 513. The van der Waals surface area contributed by atoms with Gasteiger partial charge < -0.3 is 10.1 Å². The fourth-order valence-electron chi connectivity index (χ4n) is 1.93. The number of nitrogens with zero attached hydrogens (tertiary/aromatic N) is 2. The van der Waals surface area contributed by atoms with Crippen molar-refractivity contribution in [3.05, 3.63) is 34.2 Å². The second-order valence-corrected chi connectivity index (χ2v) is 5.36. The number of thiophene rings is 1. The summed E-state index contributed by atoms with van der Waals surface area (Å²) < 4.78 is 5.18. The van der Waals surface area contributed by atoms with Gasteiger partial charge in [-0.25, -0.2) is 4.98 Å². The van der Waals surface area contributed by atoms with Gasteiger partial charge >= 0.3 is 0 Å². The van der Waals surface area contributed by atoms with Crippen LogP contribution in [0, 0.1) is 6.92 Å². The van der Waals surface area contributed by atoms with Crippen molar-refractivity contribution in [1.82, 2.24) is 9.97 Å². The highest BCUT2D eigenvalue weighted by Crippen LogP contribution is 2.26. The standard InChI is InChI=1S/C14H19N3OS/c1-4-6-11(12-7-5-8-19-12)16-14-15-10(2)9-13(17-14)18-3/h5,7-9,11H,4,6H2,1-3H3,(H,15,16,17). The van der Waals surface area contributed by atoms with E-state index in [1.165, 1.54) is 4.88 Å². The average Bonchev–Trinajstić information content (AvgIpc) is 2.91. The van der Waals surface area contributed by atoms with Crippen LogP contribution in [-0.4, -0.2) is 17.1 Å². The maximum atomic E-state index is 5.18. The van der Waals surface area contributed by atoms with Crippen molar-refractivity contribution < 1.29 is 4.74 Å². The van der Waals surface area contributed by atoms with E-state index in [-0.39, 0.29) is 6.04 Å². The first-order chi connectivity index (χ1) is 9.22. The molecule has 0 aliphatic heterocycles. The third-order valence-corrected chi connectivity index (χ3v) is 3.79. The summed E-state index contributed by atoms with van der Waals surface area (Å²) in [5.74, 6) is 1.22. The summed E-state index contributed by atoms with van der Waals surface area (Å²) in [5.41, 5.74) is 0.899. The lowest BCUT2D eigenvalue weighted by Gasteiger charge is -2.17. The third kappa shape index (κ3) is 3.67. The van der Waals surface area contributed by atoms with E-state index in [9.17, 15) is 0 Å². The van der Waals surface area contributed by atoms with Gasteiger partial charge in [-0.3, -0.25) is 0 Å². The van der Waals surface area contributed by atoms with Crippen molar-refractivity contribution >= 4 is 17.3 Å². The van der Waals surface area contributed by atoms with Gasteiger partial charge in [0.15, 0.2) is 0 Å². The zero-order valence-electron chi connectivity index (χ0n) is 11.5. The van der Waals surface area contributed by atoms with Crippen LogP contribution in [0.15, 0.2) is 23.6 Å². The van der Waals surface area contributed by atoms with Gasteiger partial charge in [-0.05, 0) is 24.8 Å². The topological polar surface area (TPSA) is 47.0 Å². The Hall–Kier alpha value is -1.62. The minimum Gasteiger partial charge on any atom is -0.481 e. The molecule has 2 heterocycles. The number of hydrogen-bond donors (Lipinski definition) is 1. The van der Waals surface area contributed by atoms with Gasteiger partial charge in [0, 0.05) is 16.6 Å². The van der Waals surface area contributed by atoms with Gasteiger partial charge in [0.25, 0.3) is 0 Å². The Labute approximate surface area is 117 Å². The van der Waals surface area contributed by atoms with Gasteiger partial charge in [-0.1, -0.05) is 19.4 Å². The van der Waals surface area contributed by atoms with Crippen LogP contribution >= 0.6 is 11.3 Å². The first-order valence-corrected chi connectivity index (χ1v) is 7.30. The van der Waals surface area contributed by atoms with Gasteiger partial charge in [-0.2, -0.15) is 4.98 Å². The fraction of sp³-hybridized carbons (Fsp3) is 0.429. The zero-order valence-corrected chi connectivity index (χ0v) is 12.3. The Morgan fingerprint density at radius 1 is 1.42 bits per heavy atom. The Balaban J connectivity index is 2.19. The average molecular weight is 277 g/mol. The molecule has 2 rings (SSSR count). The van der Waals surface area contributed by atoms with Crippen LogP contribution in [0.2, 0.25) is 0 Å². The molecule has 0 aliphatic carbocycles. The molecule has 5 heteroatoms. The molecule has 1 unspecified atom stereocenters. The lowest BCUT2D eigenvalue weighted by Crippen LogP contribution is -2.12. The summed E-state index contributed by atoms with van der Waals surface area (Å²) >= 11 is 1.76. The SMILES string of the molecule is CCCC(Nc1nc(C)cc(OC)n1)c1cccs1. The van der Waals surface area contributed by atoms with E-state index >= 15 is 0 Å². The molecule has 2 aromatic rings. The van der Waals surface area contributed by atoms with Crippen LogP contribution in [0.5, 0.6) is 5.88 Å². The molecule has 102 valence electrons. The number of aryl methyl sites for hydroxylation is 1. The Morgan fingerprint density at radius 2 is 2.26 bits per heavy atom. The number of nitrogens with one attached hydrogen (secondary N) is 1. The highest BCUT2D eigenvalue weighted by Gasteiger charge is 2.13. The zero-order chi connectivity index (χ0) is 13.7. The van der Waals surface area contributed by atoms with E-state index < -0.39 is 0 Å². The van der Waals surface area contributed by atoms with Crippen LogP contribution in [0.3, 0.4) is 0 Å². The number of ether oxygens (including phenoxy) is 1. The highest BCUT2D eigenvalue weighted by atomic mass is 32.1. The van der Waals surface area contributed by atoms with Crippen molar-refractivity contribution in [3.8, 4) is 5.88 Å². The number of hydrogen-bond acceptors (Lipinski definition) is 5. The van der Waals surface area contributed by atoms with Crippen molar-refractivity contribution in [3.63, 3.8) is 0 Å². The fourth-order valence-corrected chi connectivity index (χ4v) is 2.74. The smallest absolute Gasteiger partial charge is 0.226 e. The summed E-state index contributed by atoms with van der Waals surface area (Å²) in [5, 5.41) is 5.50. The molecule has 0 fully saturated rings. The van der Waals surface area contributed by atoms with Crippen molar-refractivity contribution in [2.24, 2.45) is 0 Å². The Kier molecular flexibility index (Phi) is 4.74. The van der Waals surface area contributed by atoms with E-state index in [0.29, 0.717) is 11.8 Å². The quantitative estimate of drug-likeness (QED) is 0.872. The van der Waals surface area contributed by atoms with E-state index in [1.807, 2.05) is 13.0 Å². The van der Waals surface area contributed by atoms with Gasteiger partial charge in [0.2, 0.25) is 11.8 Å². The number of aromatic nitrogens is 2. The van der Waals surface area contributed by atoms with Crippen LogP contribution in [0.25, 0.3) is 0 Å². The molecule has 0 amide bonds. The van der Waals surface area contributed by atoms with E-state index in [0.717, 1.165) is 18.5 Å². The van der Waals surface area contributed by atoms with Crippen LogP contribution in [-0.2, 0) is 0 Å².